The number of hydrogen-bond donors (Lipinski definition) is 0. The Kier molecular flexibility index (Phi) is 6.86. The van der Waals surface area contributed by atoms with Crippen LogP contribution in [0.4, 0.5) is 0 Å². The van der Waals surface area contributed by atoms with E-state index in [0.29, 0.717) is 28.4 Å². The Hall–Kier alpha value is -4.04. The van der Waals surface area contributed by atoms with Crippen molar-refractivity contribution in [3.8, 4) is 23.3 Å². The van der Waals surface area contributed by atoms with Crippen LogP contribution >= 0.6 is 0 Å². The number of benzene rings is 3. The zero-order chi connectivity index (χ0) is 21.3. The molecule has 5 nitrogen and oxygen atoms in total. The highest BCUT2D eigenvalue weighted by Gasteiger charge is 2.13. The molecule has 0 unspecified atom stereocenters. The van der Waals surface area contributed by atoms with Crippen molar-refractivity contribution in [1.29, 1.82) is 5.26 Å². The molecule has 0 aliphatic carbocycles. The number of ether oxygens (including phenoxy) is 3. The topological polar surface area (TPSA) is 68.6 Å². The highest BCUT2D eigenvalue weighted by molar-refractivity contribution is 5.92. The van der Waals surface area contributed by atoms with Gasteiger partial charge < -0.3 is 14.2 Å². The molecule has 0 radical (unpaired) electrons. The predicted molar refractivity (Wildman–Crippen MR) is 115 cm³/mol. The third-order valence-electron chi connectivity index (χ3n) is 4.43. The van der Waals surface area contributed by atoms with Gasteiger partial charge in [0.2, 0.25) is 0 Å². The molecule has 0 spiro atoms. The van der Waals surface area contributed by atoms with Crippen LogP contribution in [0, 0.1) is 11.3 Å². The number of methoxy groups -OCH3 is 2. The van der Waals surface area contributed by atoms with Gasteiger partial charge in [-0.2, -0.15) is 5.26 Å². The molecule has 3 aromatic rings. The maximum absolute atomic E-state index is 12.3. The summed E-state index contributed by atoms with van der Waals surface area (Å²) in [6, 6.07) is 24.0. The number of carbonyl (C=O) groups excluding carboxylic acids is 1. The molecule has 0 N–H and O–H groups in total. The molecule has 3 rings (SSSR count). The summed E-state index contributed by atoms with van der Waals surface area (Å²) in [6.45, 7) is 0. The summed E-state index contributed by atoms with van der Waals surface area (Å²) in [5, 5.41) is 9.63. The largest absolute Gasteiger partial charge is 0.496 e. The van der Waals surface area contributed by atoms with E-state index in [1.54, 1.807) is 37.5 Å². The number of rotatable bonds is 7. The van der Waals surface area contributed by atoms with Crippen molar-refractivity contribution in [2.24, 2.45) is 0 Å². The van der Waals surface area contributed by atoms with E-state index >= 15 is 0 Å². The fraction of sp³-hybridized carbons (Fsp3) is 0.120. The Morgan fingerprint density at radius 2 is 1.60 bits per heavy atom. The normalized spacial score (nSPS) is 10.8. The van der Waals surface area contributed by atoms with Crippen LogP contribution in [0.5, 0.6) is 17.2 Å². The summed E-state index contributed by atoms with van der Waals surface area (Å²) >= 11 is 0. The van der Waals surface area contributed by atoms with E-state index in [9.17, 15) is 10.1 Å². The molecule has 0 bridgehead atoms. The zero-order valence-corrected chi connectivity index (χ0v) is 16.8. The lowest BCUT2D eigenvalue weighted by atomic mass is 10.0. The highest BCUT2D eigenvalue weighted by atomic mass is 16.6. The van der Waals surface area contributed by atoms with Crippen molar-refractivity contribution >= 4 is 17.6 Å². The second-order valence-electron chi connectivity index (χ2n) is 6.42. The van der Waals surface area contributed by atoms with Crippen molar-refractivity contribution in [2.45, 2.75) is 6.42 Å². The number of esters is 1. The molecular formula is C25H21NO4. The minimum absolute atomic E-state index is 0.165. The van der Waals surface area contributed by atoms with Crippen molar-refractivity contribution in [3.63, 3.8) is 0 Å². The van der Waals surface area contributed by atoms with Crippen LogP contribution in [0.2, 0.25) is 0 Å². The molecule has 0 heterocycles. The van der Waals surface area contributed by atoms with Gasteiger partial charge in [0.1, 0.15) is 5.75 Å². The SMILES string of the molecule is COc1cc(/C=C(/C#N)c2ccccc2OC)ccc1OC(=O)Cc1ccccc1. The number of allylic oxidation sites excluding steroid dienone is 1. The first-order chi connectivity index (χ1) is 14.6. The monoisotopic (exact) mass is 399 g/mol. The van der Waals surface area contributed by atoms with Crippen LogP contribution < -0.4 is 14.2 Å². The molecular weight excluding hydrogens is 378 g/mol. The molecule has 3 aromatic carbocycles. The summed E-state index contributed by atoms with van der Waals surface area (Å²) in [7, 11) is 3.07. The minimum Gasteiger partial charge on any atom is -0.496 e. The molecule has 0 saturated heterocycles. The third-order valence-corrected chi connectivity index (χ3v) is 4.43. The standard InChI is InChI=1S/C25H21NO4/c1-28-22-11-7-6-10-21(22)20(17-26)14-19-12-13-23(24(15-19)29-2)30-25(27)16-18-8-4-3-5-9-18/h3-15H,16H2,1-2H3/b20-14-. The number of hydrogen-bond acceptors (Lipinski definition) is 5. The molecule has 0 aliphatic rings. The Morgan fingerprint density at radius 1 is 0.900 bits per heavy atom. The quantitative estimate of drug-likeness (QED) is 0.244. The van der Waals surface area contributed by atoms with Gasteiger partial charge in [-0.1, -0.05) is 48.5 Å². The molecule has 0 saturated carbocycles. The average molecular weight is 399 g/mol. The van der Waals surface area contributed by atoms with Crippen LogP contribution in [0.1, 0.15) is 16.7 Å². The molecule has 0 atom stereocenters. The van der Waals surface area contributed by atoms with E-state index in [4.69, 9.17) is 14.2 Å². The molecule has 5 heteroatoms. The van der Waals surface area contributed by atoms with E-state index < -0.39 is 0 Å². The molecule has 0 aromatic heterocycles. The van der Waals surface area contributed by atoms with E-state index in [0.717, 1.165) is 11.1 Å². The Labute approximate surface area is 175 Å². The Bertz CT molecular complexity index is 1100. The van der Waals surface area contributed by atoms with Crippen molar-refractivity contribution in [2.75, 3.05) is 14.2 Å². The second-order valence-corrected chi connectivity index (χ2v) is 6.42. The number of nitriles is 1. The van der Waals surface area contributed by atoms with Gasteiger partial charge in [0, 0.05) is 5.56 Å². The zero-order valence-electron chi connectivity index (χ0n) is 16.8. The number of carbonyl (C=O) groups is 1. The predicted octanol–water partition coefficient (Wildman–Crippen LogP) is 4.92. The van der Waals surface area contributed by atoms with Crippen LogP contribution in [0.25, 0.3) is 11.6 Å². The lowest BCUT2D eigenvalue weighted by Crippen LogP contribution is -2.11. The third kappa shape index (κ3) is 5.06. The van der Waals surface area contributed by atoms with Crippen molar-refractivity contribution < 1.29 is 19.0 Å². The summed E-state index contributed by atoms with van der Waals surface area (Å²) in [5.41, 5.74) is 2.75. The van der Waals surface area contributed by atoms with Gasteiger partial charge in [-0.3, -0.25) is 4.79 Å². The van der Waals surface area contributed by atoms with Gasteiger partial charge in [-0.15, -0.1) is 0 Å². The maximum Gasteiger partial charge on any atom is 0.315 e. The minimum atomic E-state index is -0.380. The smallest absolute Gasteiger partial charge is 0.315 e. The maximum atomic E-state index is 12.3. The van der Waals surface area contributed by atoms with Gasteiger partial charge >= 0.3 is 5.97 Å². The fourth-order valence-electron chi connectivity index (χ4n) is 2.98. The first-order valence-electron chi connectivity index (χ1n) is 9.32. The van der Waals surface area contributed by atoms with E-state index in [1.165, 1.54) is 7.11 Å². The van der Waals surface area contributed by atoms with Gasteiger partial charge in [0.05, 0.1) is 32.3 Å². The molecule has 0 fully saturated rings. The lowest BCUT2D eigenvalue weighted by Gasteiger charge is -2.11. The van der Waals surface area contributed by atoms with Gasteiger partial charge in [0.15, 0.2) is 11.5 Å². The van der Waals surface area contributed by atoms with E-state index in [1.807, 2.05) is 48.5 Å². The van der Waals surface area contributed by atoms with Gasteiger partial charge in [0.25, 0.3) is 0 Å². The summed E-state index contributed by atoms with van der Waals surface area (Å²) in [4.78, 5) is 12.3. The second kappa shape index (κ2) is 9.94. The molecule has 0 amide bonds. The van der Waals surface area contributed by atoms with Crippen LogP contribution in [-0.4, -0.2) is 20.2 Å². The van der Waals surface area contributed by atoms with Crippen LogP contribution in [-0.2, 0) is 11.2 Å². The van der Waals surface area contributed by atoms with E-state index in [2.05, 4.69) is 6.07 Å². The fourth-order valence-corrected chi connectivity index (χ4v) is 2.98. The molecule has 30 heavy (non-hydrogen) atoms. The Morgan fingerprint density at radius 3 is 2.30 bits per heavy atom. The average Bonchev–Trinajstić information content (AvgIpc) is 2.78. The highest BCUT2D eigenvalue weighted by Crippen LogP contribution is 2.32. The van der Waals surface area contributed by atoms with E-state index in [-0.39, 0.29) is 12.4 Å². The number of para-hydroxylation sites is 1. The molecule has 0 aliphatic heterocycles. The first-order valence-corrected chi connectivity index (χ1v) is 9.32. The lowest BCUT2D eigenvalue weighted by molar-refractivity contribution is -0.133. The van der Waals surface area contributed by atoms with Crippen LogP contribution in [0.15, 0.2) is 72.8 Å². The first kappa shape index (κ1) is 20.7. The summed E-state index contributed by atoms with van der Waals surface area (Å²) in [5.74, 6) is 0.965. The number of nitrogens with zero attached hydrogens (tertiary/aromatic N) is 1. The van der Waals surface area contributed by atoms with Gasteiger partial charge in [-0.05, 0) is 41.5 Å². The van der Waals surface area contributed by atoms with Gasteiger partial charge in [-0.25, -0.2) is 0 Å². The Balaban J connectivity index is 1.83. The van der Waals surface area contributed by atoms with Crippen LogP contribution in [0.3, 0.4) is 0 Å². The summed E-state index contributed by atoms with van der Waals surface area (Å²) < 4.78 is 16.2. The van der Waals surface area contributed by atoms with Crippen molar-refractivity contribution in [3.05, 3.63) is 89.5 Å². The van der Waals surface area contributed by atoms with Crippen molar-refractivity contribution in [1.82, 2.24) is 0 Å². The molecule has 150 valence electrons. The summed E-state index contributed by atoms with van der Waals surface area (Å²) in [6.07, 6.45) is 1.90.